The molecular weight excluding hydrogens is 318 g/mol. The first kappa shape index (κ1) is 18.7. The Morgan fingerprint density at radius 3 is 2.12 bits per heavy atom. The minimum atomic E-state index is 0.148. The lowest BCUT2D eigenvalue weighted by atomic mass is 9.86. The average molecular weight is 350 g/mol. The van der Waals surface area contributed by atoms with Crippen LogP contribution in [0.1, 0.15) is 64.0 Å². The second kappa shape index (κ2) is 8.07. The maximum Gasteiger partial charge on any atom is 0.230 e. The van der Waals surface area contributed by atoms with Gasteiger partial charge in [0.25, 0.3) is 0 Å². The molecule has 26 heavy (non-hydrogen) atoms. The van der Waals surface area contributed by atoms with Crippen LogP contribution in [0.2, 0.25) is 0 Å². The Labute approximate surface area is 158 Å². The lowest BCUT2D eigenvalue weighted by Crippen LogP contribution is -2.36. The lowest BCUT2D eigenvalue weighted by Gasteiger charge is -2.30. The van der Waals surface area contributed by atoms with Gasteiger partial charge in [0, 0.05) is 11.6 Å². The van der Waals surface area contributed by atoms with E-state index in [2.05, 4.69) is 45.0 Å². The molecule has 0 aliphatic heterocycles. The predicted molar refractivity (Wildman–Crippen MR) is 109 cm³/mol. The predicted octanol–water partition coefficient (Wildman–Crippen LogP) is 6.10. The van der Waals surface area contributed by atoms with Gasteiger partial charge in [0.2, 0.25) is 5.91 Å². The molecule has 138 valence electrons. The maximum absolute atomic E-state index is 13.3. The third kappa shape index (κ3) is 4.55. The highest BCUT2D eigenvalue weighted by molar-refractivity contribution is 5.95. The zero-order valence-electron chi connectivity index (χ0n) is 16.4. The Morgan fingerprint density at radius 1 is 0.923 bits per heavy atom. The van der Waals surface area contributed by atoms with Gasteiger partial charge in [-0.3, -0.25) is 4.79 Å². The molecule has 0 aromatic heterocycles. The number of benzene rings is 2. The fourth-order valence-electron chi connectivity index (χ4n) is 3.77. The Kier molecular flexibility index (Phi) is 5.80. The van der Waals surface area contributed by atoms with Gasteiger partial charge >= 0.3 is 0 Å². The van der Waals surface area contributed by atoms with Gasteiger partial charge in [0.15, 0.2) is 0 Å². The summed E-state index contributed by atoms with van der Waals surface area (Å²) in [5, 5.41) is 0. The van der Waals surface area contributed by atoms with E-state index in [0.29, 0.717) is 6.54 Å². The maximum atomic E-state index is 13.3. The first-order valence-corrected chi connectivity index (χ1v) is 9.91. The molecule has 3 rings (SSSR count). The van der Waals surface area contributed by atoms with Crippen LogP contribution >= 0.6 is 0 Å². The first-order chi connectivity index (χ1) is 12.4. The van der Waals surface area contributed by atoms with Crippen molar-refractivity contribution in [3.63, 3.8) is 0 Å². The summed E-state index contributed by atoms with van der Waals surface area (Å²) in [6.45, 7) is 7.32. The van der Waals surface area contributed by atoms with Crippen LogP contribution in [0.3, 0.4) is 0 Å². The molecule has 0 saturated heterocycles. The summed E-state index contributed by atoms with van der Waals surface area (Å²) in [7, 11) is 0. The molecule has 1 saturated carbocycles. The Hall–Kier alpha value is -2.09. The molecule has 0 bridgehead atoms. The van der Waals surface area contributed by atoms with Crippen LogP contribution in [0.25, 0.3) is 0 Å². The number of hydrogen-bond donors (Lipinski definition) is 0. The van der Waals surface area contributed by atoms with E-state index in [9.17, 15) is 4.79 Å². The molecule has 1 fully saturated rings. The summed E-state index contributed by atoms with van der Waals surface area (Å²) in [6.07, 6.45) is 5.69. The van der Waals surface area contributed by atoms with Crippen molar-refractivity contribution in [1.29, 1.82) is 0 Å². The van der Waals surface area contributed by atoms with E-state index in [0.717, 1.165) is 18.5 Å². The van der Waals surface area contributed by atoms with E-state index in [1.165, 1.54) is 30.4 Å². The van der Waals surface area contributed by atoms with Crippen LogP contribution in [0, 0.1) is 5.92 Å². The van der Waals surface area contributed by atoms with Gasteiger partial charge in [-0.25, -0.2) is 0 Å². The Bertz CT molecular complexity index is 706. The SMILES string of the molecule is CC(C)(C)c1ccc(CN(C(=O)C2CCCCC2)c2ccccc2)cc1. The van der Waals surface area contributed by atoms with Crippen LogP contribution in [-0.4, -0.2) is 5.91 Å². The monoisotopic (exact) mass is 349 g/mol. The second-order valence-electron chi connectivity index (χ2n) is 8.54. The summed E-state index contributed by atoms with van der Waals surface area (Å²) >= 11 is 0. The van der Waals surface area contributed by atoms with Gasteiger partial charge < -0.3 is 4.90 Å². The summed E-state index contributed by atoms with van der Waals surface area (Å²) in [4.78, 5) is 15.2. The van der Waals surface area contributed by atoms with E-state index >= 15 is 0 Å². The van der Waals surface area contributed by atoms with E-state index in [1.807, 2.05) is 35.2 Å². The fourth-order valence-corrected chi connectivity index (χ4v) is 3.77. The third-order valence-electron chi connectivity index (χ3n) is 5.45. The number of anilines is 1. The highest BCUT2D eigenvalue weighted by Gasteiger charge is 2.27. The van der Waals surface area contributed by atoms with Crippen LogP contribution in [0.5, 0.6) is 0 Å². The molecule has 0 N–H and O–H groups in total. The summed E-state index contributed by atoms with van der Waals surface area (Å²) in [5.74, 6) is 0.466. The summed E-state index contributed by atoms with van der Waals surface area (Å²) in [6, 6.07) is 18.9. The van der Waals surface area contributed by atoms with Crippen molar-refractivity contribution in [3.8, 4) is 0 Å². The quantitative estimate of drug-likeness (QED) is 0.653. The molecule has 2 nitrogen and oxygen atoms in total. The van der Waals surface area contributed by atoms with Gasteiger partial charge in [0.1, 0.15) is 0 Å². The number of carbonyl (C=O) groups is 1. The van der Waals surface area contributed by atoms with Gasteiger partial charge in [-0.2, -0.15) is 0 Å². The zero-order chi connectivity index (χ0) is 18.6. The van der Waals surface area contributed by atoms with Crippen LogP contribution < -0.4 is 4.90 Å². The molecule has 0 radical (unpaired) electrons. The molecule has 2 aromatic carbocycles. The van der Waals surface area contributed by atoms with Gasteiger partial charge in [-0.05, 0) is 41.5 Å². The molecule has 1 aliphatic rings. The molecule has 0 spiro atoms. The number of nitrogens with zero attached hydrogens (tertiary/aromatic N) is 1. The topological polar surface area (TPSA) is 20.3 Å². The zero-order valence-corrected chi connectivity index (χ0v) is 16.4. The third-order valence-corrected chi connectivity index (χ3v) is 5.45. The van der Waals surface area contributed by atoms with Gasteiger partial charge in [0.05, 0.1) is 6.54 Å². The number of amides is 1. The van der Waals surface area contributed by atoms with Crippen molar-refractivity contribution >= 4 is 11.6 Å². The standard InChI is InChI=1S/C24H31NO/c1-24(2,3)21-16-14-19(15-17-21)18-25(22-12-8-5-9-13-22)23(26)20-10-6-4-7-11-20/h5,8-9,12-17,20H,4,6-7,10-11,18H2,1-3H3. The molecule has 2 aromatic rings. The van der Waals surface area contributed by atoms with E-state index in [-0.39, 0.29) is 17.2 Å². The average Bonchev–Trinajstić information content (AvgIpc) is 2.66. The highest BCUT2D eigenvalue weighted by atomic mass is 16.2. The van der Waals surface area contributed by atoms with Crippen LogP contribution in [-0.2, 0) is 16.8 Å². The molecule has 1 amide bonds. The molecular formula is C24H31NO. The van der Waals surface area contributed by atoms with Crippen molar-refractivity contribution < 1.29 is 4.79 Å². The summed E-state index contributed by atoms with van der Waals surface area (Å²) in [5.41, 5.74) is 3.66. The van der Waals surface area contributed by atoms with E-state index in [4.69, 9.17) is 0 Å². The highest BCUT2D eigenvalue weighted by Crippen LogP contribution is 2.29. The minimum Gasteiger partial charge on any atom is -0.308 e. The van der Waals surface area contributed by atoms with E-state index in [1.54, 1.807) is 0 Å². The minimum absolute atomic E-state index is 0.148. The lowest BCUT2D eigenvalue weighted by molar-refractivity contribution is -0.123. The Morgan fingerprint density at radius 2 is 1.54 bits per heavy atom. The number of rotatable bonds is 4. The van der Waals surface area contributed by atoms with Crippen LogP contribution in [0.4, 0.5) is 5.69 Å². The van der Waals surface area contributed by atoms with Crippen molar-refractivity contribution in [3.05, 3.63) is 65.7 Å². The van der Waals surface area contributed by atoms with Crippen molar-refractivity contribution in [1.82, 2.24) is 0 Å². The van der Waals surface area contributed by atoms with Crippen LogP contribution in [0.15, 0.2) is 54.6 Å². The van der Waals surface area contributed by atoms with Crippen molar-refractivity contribution in [2.75, 3.05) is 4.90 Å². The first-order valence-electron chi connectivity index (χ1n) is 9.91. The van der Waals surface area contributed by atoms with Crippen molar-refractivity contribution in [2.24, 2.45) is 5.92 Å². The molecule has 0 unspecified atom stereocenters. The van der Waals surface area contributed by atoms with Gasteiger partial charge in [-0.1, -0.05) is 82.5 Å². The van der Waals surface area contributed by atoms with E-state index < -0.39 is 0 Å². The number of carbonyl (C=O) groups excluding carboxylic acids is 1. The fraction of sp³-hybridized carbons (Fsp3) is 0.458. The van der Waals surface area contributed by atoms with Crippen molar-refractivity contribution in [2.45, 2.75) is 64.8 Å². The molecule has 0 atom stereocenters. The second-order valence-corrected chi connectivity index (χ2v) is 8.54. The van der Waals surface area contributed by atoms with Gasteiger partial charge in [-0.15, -0.1) is 0 Å². The molecule has 1 aliphatic carbocycles. The normalized spacial score (nSPS) is 15.7. The number of para-hydroxylation sites is 1. The Balaban J connectivity index is 1.83. The largest absolute Gasteiger partial charge is 0.308 e. The molecule has 0 heterocycles. The smallest absolute Gasteiger partial charge is 0.230 e. The number of hydrogen-bond acceptors (Lipinski definition) is 1. The molecule has 2 heteroatoms. The summed E-state index contributed by atoms with van der Waals surface area (Å²) < 4.78 is 0.